The third kappa shape index (κ3) is 4.61. The molecule has 0 fully saturated rings. The first kappa shape index (κ1) is 17.9. The van der Waals surface area contributed by atoms with Gasteiger partial charge in [0.05, 0.1) is 7.11 Å². The molecule has 1 amide bonds. The lowest BCUT2D eigenvalue weighted by Crippen LogP contribution is -2.24. The number of benzene rings is 2. The number of aromatic nitrogens is 2. The molecule has 0 radical (unpaired) electrons. The molecule has 3 rings (SSSR count). The third-order valence-electron chi connectivity index (χ3n) is 3.76. The first-order chi connectivity index (χ1) is 12.7. The second kappa shape index (κ2) is 8.49. The lowest BCUT2D eigenvalue weighted by molar-refractivity contribution is 0.0952. The monoisotopic (exact) mass is 371 g/mol. The Hall–Kier alpha value is -2.86. The van der Waals surface area contributed by atoms with Gasteiger partial charge >= 0.3 is 0 Å². The van der Waals surface area contributed by atoms with Crippen LogP contribution in [0.4, 0.5) is 0 Å². The summed E-state index contributed by atoms with van der Waals surface area (Å²) in [5, 5.41) is 7.49. The van der Waals surface area contributed by atoms with Crippen molar-refractivity contribution < 1.29 is 14.1 Å². The van der Waals surface area contributed by atoms with Gasteiger partial charge in [0.25, 0.3) is 5.91 Å². The normalized spacial score (nSPS) is 10.5. The fraction of sp³-hybridized carbons (Fsp3) is 0.211. The second-order valence-electron chi connectivity index (χ2n) is 5.61. The highest BCUT2D eigenvalue weighted by atomic mass is 35.5. The highest BCUT2D eigenvalue weighted by Crippen LogP contribution is 2.19. The summed E-state index contributed by atoms with van der Waals surface area (Å²) in [6.45, 7) is 0.509. The van der Waals surface area contributed by atoms with E-state index in [0.29, 0.717) is 47.4 Å². The maximum atomic E-state index is 12.1. The Morgan fingerprint density at radius 3 is 2.81 bits per heavy atom. The Morgan fingerprint density at radius 2 is 2.04 bits per heavy atom. The zero-order chi connectivity index (χ0) is 18.4. The van der Waals surface area contributed by atoms with E-state index in [9.17, 15) is 4.79 Å². The van der Waals surface area contributed by atoms with Gasteiger partial charge in [-0.3, -0.25) is 4.79 Å². The molecule has 0 aliphatic carbocycles. The number of nitrogens with one attached hydrogen (secondary N) is 1. The van der Waals surface area contributed by atoms with Gasteiger partial charge in [0.15, 0.2) is 0 Å². The molecule has 0 spiro atoms. The van der Waals surface area contributed by atoms with E-state index in [4.69, 9.17) is 20.9 Å². The SMILES string of the molecule is COc1cccc(C(=O)NCCCc2nc(-c3ccc(Cl)cc3)no2)c1. The standard InChI is InChI=1S/C19H18ClN3O3/c1-25-16-5-2-4-14(12-16)19(24)21-11-3-6-17-22-18(23-26-17)13-7-9-15(20)10-8-13/h2,4-5,7-10,12H,3,6,11H2,1H3,(H,21,24). The average molecular weight is 372 g/mol. The molecule has 3 aromatic rings. The number of ether oxygens (including phenoxy) is 1. The van der Waals surface area contributed by atoms with E-state index in [2.05, 4.69) is 15.5 Å². The summed E-state index contributed by atoms with van der Waals surface area (Å²) in [5.41, 5.74) is 1.41. The summed E-state index contributed by atoms with van der Waals surface area (Å²) in [6, 6.07) is 14.3. The van der Waals surface area contributed by atoms with Crippen LogP contribution in [0.3, 0.4) is 0 Å². The van der Waals surface area contributed by atoms with Gasteiger partial charge in [0, 0.05) is 29.1 Å². The largest absolute Gasteiger partial charge is 0.497 e. The van der Waals surface area contributed by atoms with Crippen molar-refractivity contribution in [2.75, 3.05) is 13.7 Å². The summed E-state index contributed by atoms with van der Waals surface area (Å²) in [5.74, 6) is 1.57. The van der Waals surface area contributed by atoms with Gasteiger partial charge in [-0.05, 0) is 48.9 Å². The van der Waals surface area contributed by atoms with Gasteiger partial charge in [-0.25, -0.2) is 0 Å². The van der Waals surface area contributed by atoms with Crippen molar-refractivity contribution in [2.45, 2.75) is 12.8 Å². The number of halogens is 1. The molecule has 26 heavy (non-hydrogen) atoms. The average Bonchev–Trinajstić information content (AvgIpc) is 3.14. The molecule has 0 saturated carbocycles. The van der Waals surface area contributed by atoms with E-state index in [0.717, 1.165) is 5.56 Å². The number of hydrogen-bond acceptors (Lipinski definition) is 5. The topological polar surface area (TPSA) is 77.2 Å². The Balaban J connectivity index is 1.48. The van der Waals surface area contributed by atoms with Crippen LogP contribution in [-0.4, -0.2) is 29.7 Å². The van der Waals surface area contributed by atoms with Crippen LogP contribution in [0.1, 0.15) is 22.7 Å². The summed E-state index contributed by atoms with van der Waals surface area (Å²) < 4.78 is 10.4. The van der Waals surface area contributed by atoms with Crippen LogP contribution in [0.25, 0.3) is 11.4 Å². The zero-order valence-corrected chi connectivity index (χ0v) is 15.0. The lowest BCUT2D eigenvalue weighted by Gasteiger charge is -2.05. The predicted octanol–water partition coefficient (Wildman–Crippen LogP) is 3.76. The highest BCUT2D eigenvalue weighted by molar-refractivity contribution is 6.30. The van der Waals surface area contributed by atoms with Gasteiger partial charge in [-0.15, -0.1) is 0 Å². The first-order valence-corrected chi connectivity index (χ1v) is 8.54. The minimum Gasteiger partial charge on any atom is -0.497 e. The van der Waals surface area contributed by atoms with Gasteiger partial charge in [0.2, 0.25) is 11.7 Å². The Kier molecular flexibility index (Phi) is 5.86. The van der Waals surface area contributed by atoms with E-state index in [1.807, 2.05) is 12.1 Å². The molecule has 1 N–H and O–H groups in total. The van der Waals surface area contributed by atoms with E-state index in [1.54, 1.807) is 43.5 Å². The Labute approximate surface area is 156 Å². The maximum Gasteiger partial charge on any atom is 0.251 e. The number of carbonyl (C=O) groups is 1. The minimum atomic E-state index is -0.142. The molecule has 0 unspecified atom stereocenters. The van der Waals surface area contributed by atoms with Crippen molar-refractivity contribution in [3.63, 3.8) is 0 Å². The molecule has 7 heteroatoms. The molecule has 2 aromatic carbocycles. The van der Waals surface area contributed by atoms with Crippen LogP contribution in [-0.2, 0) is 6.42 Å². The van der Waals surface area contributed by atoms with Crippen molar-refractivity contribution in [1.82, 2.24) is 15.5 Å². The smallest absolute Gasteiger partial charge is 0.251 e. The number of methoxy groups -OCH3 is 1. The Bertz CT molecular complexity index is 878. The zero-order valence-electron chi connectivity index (χ0n) is 14.2. The van der Waals surface area contributed by atoms with Crippen molar-refractivity contribution in [3.8, 4) is 17.1 Å². The fourth-order valence-electron chi connectivity index (χ4n) is 2.38. The van der Waals surface area contributed by atoms with Crippen LogP contribution in [0.15, 0.2) is 53.1 Å². The quantitative estimate of drug-likeness (QED) is 0.640. The first-order valence-electron chi connectivity index (χ1n) is 8.16. The molecule has 0 bridgehead atoms. The summed E-state index contributed by atoms with van der Waals surface area (Å²) in [4.78, 5) is 16.5. The predicted molar refractivity (Wildman–Crippen MR) is 98.4 cm³/mol. The van der Waals surface area contributed by atoms with Gasteiger partial charge in [-0.2, -0.15) is 4.98 Å². The number of hydrogen-bond donors (Lipinski definition) is 1. The number of rotatable bonds is 7. The molecule has 0 aliphatic rings. The van der Waals surface area contributed by atoms with E-state index >= 15 is 0 Å². The van der Waals surface area contributed by atoms with Crippen molar-refractivity contribution in [1.29, 1.82) is 0 Å². The Morgan fingerprint density at radius 1 is 1.23 bits per heavy atom. The van der Waals surface area contributed by atoms with E-state index in [1.165, 1.54) is 0 Å². The molecular weight excluding hydrogens is 354 g/mol. The molecule has 0 saturated heterocycles. The van der Waals surface area contributed by atoms with Gasteiger partial charge in [0.1, 0.15) is 5.75 Å². The number of carbonyl (C=O) groups excluding carboxylic acids is 1. The van der Waals surface area contributed by atoms with Crippen molar-refractivity contribution in [2.24, 2.45) is 0 Å². The highest BCUT2D eigenvalue weighted by Gasteiger charge is 2.09. The van der Waals surface area contributed by atoms with Crippen molar-refractivity contribution in [3.05, 3.63) is 65.0 Å². The van der Waals surface area contributed by atoms with E-state index < -0.39 is 0 Å². The minimum absolute atomic E-state index is 0.142. The summed E-state index contributed by atoms with van der Waals surface area (Å²) in [7, 11) is 1.57. The van der Waals surface area contributed by atoms with Gasteiger partial charge in [-0.1, -0.05) is 22.8 Å². The van der Waals surface area contributed by atoms with Gasteiger partial charge < -0.3 is 14.6 Å². The fourth-order valence-corrected chi connectivity index (χ4v) is 2.51. The van der Waals surface area contributed by atoms with Crippen LogP contribution in [0, 0.1) is 0 Å². The molecule has 1 heterocycles. The van der Waals surface area contributed by atoms with Crippen LogP contribution in [0.5, 0.6) is 5.75 Å². The maximum absolute atomic E-state index is 12.1. The molecule has 0 aliphatic heterocycles. The van der Waals surface area contributed by atoms with Crippen LogP contribution in [0.2, 0.25) is 5.02 Å². The molecule has 0 atom stereocenters. The summed E-state index contributed by atoms with van der Waals surface area (Å²) >= 11 is 5.87. The molecule has 134 valence electrons. The molecule has 6 nitrogen and oxygen atoms in total. The molecular formula is C19H18ClN3O3. The lowest BCUT2D eigenvalue weighted by atomic mass is 10.2. The van der Waals surface area contributed by atoms with Crippen molar-refractivity contribution >= 4 is 17.5 Å². The number of aryl methyl sites for hydroxylation is 1. The summed E-state index contributed by atoms with van der Waals surface area (Å²) in [6.07, 6.45) is 1.27. The van der Waals surface area contributed by atoms with E-state index in [-0.39, 0.29) is 5.91 Å². The number of amides is 1. The second-order valence-corrected chi connectivity index (χ2v) is 6.05. The van der Waals surface area contributed by atoms with Crippen LogP contribution < -0.4 is 10.1 Å². The number of nitrogens with zero attached hydrogens (tertiary/aromatic N) is 2. The third-order valence-corrected chi connectivity index (χ3v) is 4.01. The van der Waals surface area contributed by atoms with Crippen LogP contribution >= 0.6 is 11.6 Å². The molecule has 1 aromatic heterocycles.